The quantitative estimate of drug-likeness (QED) is 0.797. The molecule has 1 aromatic heterocycles. The number of aromatic nitrogens is 3. The molecular weight excluding hydrogens is 274 g/mol. The Morgan fingerprint density at radius 3 is 2.38 bits per heavy atom. The number of carbonyl (C=O) groups is 1. The van der Waals surface area contributed by atoms with Crippen LogP contribution >= 0.6 is 15.9 Å². The van der Waals surface area contributed by atoms with Crippen LogP contribution in [0.15, 0.2) is 4.60 Å². The Labute approximate surface area is 103 Å². The Balaban J connectivity index is 3.11. The van der Waals surface area contributed by atoms with E-state index in [1.54, 1.807) is 7.05 Å². The molecule has 1 heterocycles. The summed E-state index contributed by atoms with van der Waals surface area (Å²) in [6.45, 7) is 5.87. The van der Waals surface area contributed by atoms with Crippen LogP contribution in [-0.4, -0.2) is 34.0 Å². The van der Waals surface area contributed by atoms with Gasteiger partial charge in [0.1, 0.15) is 11.8 Å². The van der Waals surface area contributed by atoms with E-state index in [1.807, 2.05) is 20.8 Å². The molecular formula is C10H16BrN3O2. The Morgan fingerprint density at radius 2 is 2.06 bits per heavy atom. The van der Waals surface area contributed by atoms with Crippen LogP contribution in [0, 0.1) is 5.41 Å². The number of carbonyl (C=O) groups excluding carboxylic acids is 1. The molecule has 0 aromatic carbocycles. The van der Waals surface area contributed by atoms with E-state index in [9.17, 15) is 4.79 Å². The van der Waals surface area contributed by atoms with Crippen LogP contribution in [0.2, 0.25) is 0 Å². The van der Waals surface area contributed by atoms with E-state index in [4.69, 9.17) is 4.74 Å². The van der Waals surface area contributed by atoms with E-state index < -0.39 is 6.10 Å². The van der Waals surface area contributed by atoms with Crippen molar-refractivity contribution in [3.63, 3.8) is 0 Å². The Hall–Kier alpha value is -0.750. The first-order valence-electron chi connectivity index (χ1n) is 4.91. The van der Waals surface area contributed by atoms with Crippen molar-refractivity contribution in [1.82, 2.24) is 15.0 Å². The monoisotopic (exact) mass is 289 g/mol. The molecule has 6 heteroatoms. The maximum Gasteiger partial charge on any atom is 0.212 e. The lowest BCUT2D eigenvalue weighted by Gasteiger charge is -2.27. The van der Waals surface area contributed by atoms with Crippen molar-refractivity contribution in [2.24, 2.45) is 12.5 Å². The maximum absolute atomic E-state index is 12.3. The molecule has 0 saturated carbocycles. The van der Waals surface area contributed by atoms with Crippen molar-refractivity contribution in [3.05, 3.63) is 10.3 Å². The zero-order chi connectivity index (χ0) is 12.5. The number of aryl methyl sites for hydroxylation is 1. The molecule has 0 N–H and O–H groups in total. The summed E-state index contributed by atoms with van der Waals surface area (Å²) in [6.07, 6.45) is -0.513. The average Bonchev–Trinajstić information content (AvgIpc) is 2.44. The number of halogens is 1. The second-order valence-electron chi connectivity index (χ2n) is 4.70. The Kier molecular flexibility index (Phi) is 3.85. The molecule has 0 bridgehead atoms. The smallest absolute Gasteiger partial charge is 0.212 e. The SMILES string of the molecule is COC(C(=O)c1c(Br)nnn1C)C(C)(C)C. The van der Waals surface area contributed by atoms with Gasteiger partial charge >= 0.3 is 0 Å². The average molecular weight is 290 g/mol. The second-order valence-corrected chi connectivity index (χ2v) is 5.45. The highest BCUT2D eigenvalue weighted by Crippen LogP contribution is 2.26. The Bertz CT molecular complexity index is 376. The largest absolute Gasteiger partial charge is 0.373 e. The third kappa shape index (κ3) is 2.49. The van der Waals surface area contributed by atoms with Gasteiger partial charge in [0.05, 0.1) is 0 Å². The number of nitrogens with zero attached hydrogens (tertiary/aromatic N) is 3. The molecule has 0 spiro atoms. The van der Waals surface area contributed by atoms with Crippen LogP contribution in [0.5, 0.6) is 0 Å². The van der Waals surface area contributed by atoms with Gasteiger partial charge in [-0.2, -0.15) is 0 Å². The first-order chi connectivity index (χ1) is 7.29. The lowest BCUT2D eigenvalue weighted by molar-refractivity contribution is 0.0187. The topological polar surface area (TPSA) is 57.0 Å². The van der Waals surface area contributed by atoms with Crippen LogP contribution in [0.3, 0.4) is 0 Å². The number of methoxy groups -OCH3 is 1. The minimum absolute atomic E-state index is 0.116. The number of ketones is 1. The van der Waals surface area contributed by atoms with Crippen molar-refractivity contribution in [2.45, 2.75) is 26.9 Å². The molecule has 0 saturated heterocycles. The highest BCUT2D eigenvalue weighted by Gasteiger charge is 2.34. The minimum atomic E-state index is -0.513. The molecule has 1 atom stereocenters. The summed E-state index contributed by atoms with van der Waals surface area (Å²) in [4.78, 5) is 12.3. The van der Waals surface area contributed by atoms with Gasteiger partial charge in [-0.15, -0.1) is 5.10 Å². The third-order valence-electron chi connectivity index (χ3n) is 2.28. The van der Waals surface area contributed by atoms with Gasteiger partial charge < -0.3 is 4.74 Å². The summed E-state index contributed by atoms with van der Waals surface area (Å²) < 4.78 is 7.17. The van der Waals surface area contributed by atoms with Crippen molar-refractivity contribution in [2.75, 3.05) is 7.11 Å². The van der Waals surface area contributed by atoms with E-state index in [2.05, 4.69) is 26.2 Å². The van der Waals surface area contributed by atoms with E-state index >= 15 is 0 Å². The summed E-state index contributed by atoms with van der Waals surface area (Å²) in [5.74, 6) is -0.116. The molecule has 1 unspecified atom stereocenters. The molecule has 5 nitrogen and oxygen atoms in total. The number of ether oxygens (including phenoxy) is 1. The molecule has 90 valence electrons. The third-order valence-corrected chi connectivity index (χ3v) is 2.81. The molecule has 0 aliphatic carbocycles. The lowest BCUT2D eigenvalue weighted by Crippen LogP contribution is -2.37. The van der Waals surface area contributed by atoms with E-state index in [0.717, 1.165) is 0 Å². The van der Waals surface area contributed by atoms with Crippen LogP contribution in [-0.2, 0) is 11.8 Å². The number of rotatable bonds is 3. The number of Topliss-reactive ketones (excluding diaryl/α,β-unsaturated/α-hetero) is 1. The van der Waals surface area contributed by atoms with E-state index in [-0.39, 0.29) is 11.2 Å². The van der Waals surface area contributed by atoms with Gasteiger partial charge in [0.25, 0.3) is 0 Å². The van der Waals surface area contributed by atoms with Crippen molar-refractivity contribution >= 4 is 21.7 Å². The second kappa shape index (κ2) is 4.63. The summed E-state index contributed by atoms with van der Waals surface area (Å²) in [5.41, 5.74) is 0.164. The van der Waals surface area contributed by atoms with Gasteiger partial charge in [-0.05, 0) is 21.3 Å². The molecule has 1 rings (SSSR count). The van der Waals surface area contributed by atoms with Gasteiger partial charge in [-0.3, -0.25) is 4.79 Å². The van der Waals surface area contributed by atoms with E-state index in [1.165, 1.54) is 11.8 Å². The molecule has 16 heavy (non-hydrogen) atoms. The highest BCUT2D eigenvalue weighted by atomic mass is 79.9. The van der Waals surface area contributed by atoms with Gasteiger partial charge in [-0.1, -0.05) is 26.0 Å². The van der Waals surface area contributed by atoms with Crippen molar-refractivity contribution in [1.29, 1.82) is 0 Å². The van der Waals surface area contributed by atoms with Crippen molar-refractivity contribution < 1.29 is 9.53 Å². The van der Waals surface area contributed by atoms with Gasteiger partial charge in [-0.25, -0.2) is 4.68 Å². The molecule has 0 radical (unpaired) electrons. The first-order valence-corrected chi connectivity index (χ1v) is 5.70. The van der Waals surface area contributed by atoms with Crippen LogP contribution in [0.4, 0.5) is 0 Å². The lowest BCUT2D eigenvalue weighted by atomic mass is 9.85. The van der Waals surface area contributed by atoms with Gasteiger partial charge in [0.15, 0.2) is 4.60 Å². The summed E-state index contributed by atoms with van der Waals surface area (Å²) >= 11 is 3.21. The molecule has 0 aliphatic rings. The number of hydrogen-bond donors (Lipinski definition) is 0. The van der Waals surface area contributed by atoms with Crippen LogP contribution in [0.25, 0.3) is 0 Å². The van der Waals surface area contributed by atoms with Gasteiger partial charge in [0.2, 0.25) is 5.78 Å². The van der Waals surface area contributed by atoms with Crippen LogP contribution < -0.4 is 0 Å². The maximum atomic E-state index is 12.3. The molecule has 0 fully saturated rings. The zero-order valence-electron chi connectivity index (χ0n) is 10.1. The number of hydrogen-bond acceptors (Lipinski definition) is 4. The van der Waals surface area contributed by atoms with E-state index in [0.29, 0.717) is 10.3 Å². The summed E-state index contributed by atoms with van der Waals surface area (Å²) in [7, 11) is 3.21. The molecule has 0 aliphatic heterocycles. The molecule has 0 amide bonds. The minimum Gasteiger partial charge on any atom is -0.373 e. The fraction of sp³-hybridized carbons (Fsp3) is 0.700. The normalized spacial score (nSPS) is 13.9. The molecule has 1 aromatic rings. The van der Waals surface area contributed by atoms with Gasteiger partial charge in [0, 0.05) is 14.2 Å². The summed E-state index contributed by atoms with van der Waals surface area (Å²) in [6, 6.07) is 0. The highest BCUT2D eigenvalue weighted by molar-refractivity contribution is 9.10. The standard InChI is InChI=1S/C10H16BrN3O2/c1-10(2,3)8(16-5)7(15)6-9(11)12-13-14(6)4/h8H,1-5H3. The fourth-order valence-electron chi connectivity index (χ4n) is 1.57. The zero-order valence-corrected chi connectivity index (χ0v) is 11.7. The predicted molar refractivity (Wildman–Crippen MR) is 63.3 cm³/mol. The fourth-order valence-corrected chi connectivity index (χ4v) is 2.09. The predicted octanol–water partition coefficient (Wildman–Crippen LogP) is 1.82. The van der Waals surface area contributed by atoms with Crippen molar-refractivity contribution in [3.8, 4) is 0 Å². The van der Waals surface area contributed by atoms with Crippen LogP contribution in [0.1, 0.15) is 31.3 Å². The Morgan fingerprint density at radius 1 is 1.50 bits per heavy atom. The first kappa shape index (κ1) is 13.3. The summed E-state index contributed by atoms with van der Waals surface area (Å²) in [5, 5.41) is 7.57.